The van der Waals surface area contributed by atoms with E-state index in [0.717, 1.165) is 57.2 Å². The number of thioether (sulfide) groups is 1. The topological polar surface area (TPSA) is 64.6 Å². The number of benzene rings is 2. The molecule has 1 amide bonds. The molecule has 200 valence electrons. The quantitative estimate of drug-likeness (QED) is 0.231. The van der Waals surface area contributed by atoms with Gasteiger partial charge in [0.1, 0.15) is 11.0 Å². The van der Waals surface area contributed by atoms with E-state index in [9.17, 15) is 4.79 Å². The van der Waals surface area contributed by atoms with E-state index in [2.05, 4.69) is 56.2 Å². The zero-order valence-electron chi connectivity index (χ0n) is 21.9. The number of nitrogens with one attached hydrogen (secondary N) is 1. The van der Waals surface area contributed by atoms with Gasteiger partial charge in [-0.1, -0.05) is 53.7 Å². The normalized spacial score (nSPS) is 16.2. The fourth-order valence-electron chi connectivity index (χ4n) is 5.09. The van der Waals surface area contributed by atoms with E-state index >= 15 is 0 Å². The molecule has 2 aromatic carbocycles. The first kappa shape index (κ1) is 26.8. The van der Waals surface area contributed by atoms with Crippen LogP contribution in [0.4, 0.5) is 11.5 Å². The van der Waals surface area contributed by atoms with E-state index < -0.39 is 0 Å². The summed E-state index contributed by atoms with van der Waals surface area (Å²) in [6.07, 6.45) is 2.52. The molecular weight excluding hydrogens is 516 g/mol. The number of carbonyl (C=O) groups is 1. The molecule has 2 aliphatic rings. The van der Waals surface area contributed by atoms with E-state index in [-0.39, 0.29) is 5.91 Å². The third kappa shape index (κ3) is 6.98. The van der Waals surface area contributed by atoms with E-state index in [1.54, 1.807) is 0 Å². The molecule has 0 atom stereocenters. The van der Waals surface area contributed by atoms with E-state index in [4.69, 9.17) is 16.6 Å². The van der Waals surface area contributed by atoms with Crippen LogP contribution in [0.1, 0.15) is 34.3 Å². The molecule has 2 fully saturated rings. The van der Waals surface area contributed by atoms with Gasteiger partial charge >= 0.3 is 0 Å². The molecule has 38 heavy (non-hydrogen) atoms. The Kier molecular flexibility index (Phi) is 9.04. The summed E-state index contributed by atoms with van der Waals surface area (Å²) < 4.78 is 0. The number of likely N-dealkylation sites (tertiary alicyclic amines) is 1. The number of nitrogens with zero attached hydrogens (tertiary/aromatic N) is 5. The Morgan fingerprint density at radius 3 is 2.50 bits per heavy atom. The molecule has 9 heteroatoms. The van der Waals surface area contributed by atoms with Gasteiger partial charge < -0.3 is 20.0 Å². The van der Waals surface area contributed by atoms with Crippen LogP contribution < -0.4 is 15.1 Å². The van der Waals surface area contributed by atoms with Crippen LogP contribution >= 0.6 is 23.4 Å². The summed E-state index contributed by atoms with van der Waals surface area (Å²) in [6.45, 7) is 9.64. The van der Waals surface area contributed by atoms with Gasteiger partial charge in [0.2, 0.25) is 0 Å². The number of rotatable bonds is 9. The molecule has 0 bridgehead atoms. The first-order valence-corrected chi connectivity index (χ1v) is 14.7. The van der Waals surface area contributed by atoms with Crippen molar-refractivity contribution in [3.63, 3.8) is 0 Å². The number of hydrogen-bond donors (Lipinski definition) is 1. The first-order valence-electron chi connectivity index (χ1n) is 13.4. The van der Waals surface area contributed by atoms with Crippen molar-refractivity contribution in [2.45, 2.75) is 30.7 Å². The van der Waals surface area contributed by atoms with Crippen molar-refractivity contribution in [1.29, 1.82) is 0 Å². The number of carbonyl (C=O) groups excluding carboxylic acids is 1. The summed E-state index contributed by atoms with van der Waals surface area (Å²) >= 11 is 7.94. The largest absolute Gasteiger partial charge is 0.368 e. The summed E-state index contributed by atoms with van der Waals surface area (Å²) in [4.78, 5) is 29.0. The minimum Gasteiger partial charge on any atom is -0.368 e. The minimum absolute atomic E-state index is 0.0258. The second kappa shape index (κ2) is 12.8. The van der Waals surface area contributed by atoms with Crippen molar-refractivity contribution in [3.05, 3.63) is 76.4 Å². The molecule has 3 heterocycles. The summed E-state index contributed by atoms with van der Waals surface area (Å²) in [5.74, 6) is 1.50. The van der Waals surface area contributed by atoms with Gasteiger partial charge in [-0.25, -0.2) is 9.97 Å². The van der Waals surface area contributed by atoms with Crippen LogP contribution in [0.2, 0.25) is 5.15 Å². The van der Waals surface area contributed by atoms with Crippen LogP contribution in [0.25, 0.3) is 0 Å². The van der Waals surface area contributed by atoms with Crippen molar-refractivity contribution in [1.82, 2.24) is 20.2 Å². The number of piperazine rings is 1. The van der Waals surface area contributed by atoms with Crippen molar-refractivity contribution in [2.24, 2.45) is 0 Å². The number of anilines is 2. The molecule has 0 aliphatic carbocycles. The lowest BCUT2D eigenvalue weighted by Gasteiger charge is -2.37. The average molecular weight is 551 g/mol. The Labute approximate surface area is 234 Å². The first-order chi connectivity index (χ1) is 18.5. The highest BCUT2D eigenvalue weighted by atomic mass is 35.5. The zero-order valence-corrected chi connectivity index (χ0v) is 23.5. The molecule has 5 rings (SSSR count). The maximum Gasteiger partial charge on any atom is 0.251 e. The number of aryl methyl sites for hydroxylation is 1. The Bertz CT molecular complexity index is 1240. The zero-order chi connectivity index (χ0) is 26.3. The maximum atomic E-state index is 12.7. The van der Waals surface area contributed by atoms with Crippen LogP contribution in [-0.4, -0.2) is 73.1 Å². The number of para-hydroxylation sites is 1. The van der Waals surface area contributed by atoms with Crippen LogP contribution in [0.3, 0.4) is 0 Å². The average Bonchev–Trinajstić information content (AvgIpc) is 3.46. The van der Waals surface area contributed by atoms with Gasteiger partial charge in [-0.3, -0.25) is 4.79 Å². The Morgan fingerprint density at radius 1 is 0.947 bits per heavy atom. The molecule has 0 unspecified atom stereocenters. The fraction of sp³-hybridized carbons (Fsp3) is 0.414. The molecule has 0 spiro atoms. The van der Waals surface area contributed by atoms with Crippen molar-refractivity contribution < 1.29 is 4.79 Å². The Hall–Kier alpha value is -2.81. The lowest BCUT2D eigenvalue weighted by Crippen LogP contribution is -2.47. The van der Waals surface area contributed by atoms with Crippen LogP contribution in [0.15, 0.2) is 59.8 Å². The van der Waals surface area contributed by atoms with Crippen molar-refractivity contribution >= 4 is 40.8 Å². The molecule has 1 aromatic heterocycles. The van der Waals surface area contributed by atoms with Crippen molar-refractivity contribution in [2.75, 3.05) is 62.2 Å². The van der Waals surface area contributed by atoms with Gasteiger partial charge in [-0.15, -0.1) is 0 Å². The summed E-state index contributed by atoms with van der Waals surface area (Å²) in [6, 6.07) is 18.2. The molecule has 0 radical (unpaired) electrons. The van der Waals surface area contributed by atoms with Gasteiger partial charge in [0.15, 0.2) is 5.16 Å². The van der Waals surface area contributed by atoms with E-state index in [0.29, 0.717) is 28.2 Å². The van der Waals surface area contributed by atoms with Gasteiger partial charge in [-0.05, 0) is 62.2 Å². The molecule has 7 nitrogen and oxygen atoms in total. The highest BCUT2D eigenvalue weighted by Gasteiger charge is 2.20. The molecule has 2 aliphatic heterocycles. The SMILES string of the molecule is Cc1ccccc1N1CCN(c2cc(Cl)nc(SCc3cccc(C(=O)NCCN4CCCC4)c3)n2)CC1. The third-order valence-electron chi connectivity index (χ3n) is 7.19. The number of hydrogen-bond acceptors (Lipinski definition) is 7. The predicted octanol–water partition coefficient (Wildman–Crippen LogP) is 4.88. The lowest BCUT2D eigenvalue weighted by atomic mass is 10.1. The van der Waals surface area contributed by atoms with Gasteiger partial charge in [0.25, 0.3) is 5.91 Å². The second-order valence-electron chi connectivity index (χ2n) is 9.89. The molecular formula is C29H35ClN6OS. The monoisotopic (exact) mass is 550 g/mol. The number of aromatic nitrogens is 2. The van der Waals surface area contributed by atoms with Crippen LogP contribution in [0, 0.1) is 6.92 Å². The second-order valence-corrected chi connectivity index (χ2v) is 11.2. The summed E-state index contributed by atoms with van der Waals surface area (Å²) in [5, 5.41) is 4.15. The van der Waals surface area contributed by atoms with Crippen LogP contribution in [-0.2, 0) is 5.75 Å². The standard InChI is InChI=1S/C29H35ClN6OS/c1-22-7-2-3-10-25(22)35-15-17-36(18-16-35)27-20-26(30)32-29(33-27)38-21-23-8-6-9-24(19-23)28(37)31-11-14-34-12-4-5-13-34/h2-3,6-10,19-20H,4-5,11-18,21H2,1H3,(H,31,37). The highest BCUT2D eigenvalue weighted by molar-refractivity contribution is 7.98. The number of amides is 1. The summed E-state index contributed by atoms with van der Waals surface area (Å²) in [5.41, 5.74) is 4.34. The molecule has 3 aromatic rings. The van der Waals surface area contributed by atoms with E-state index in [1.807, 2.05) is 30.3 Å². The Morgan fingerprint density at radius 2 is 1.71 bits per heavy atom. The van der Waals surface area contributed by atoms with Gasteiger partial charge in [0, 0.05) is 62.3 Å². The van der Waals surface area contributed by atoms with Crippen molar-refractivity contribution in [3.8, 4) is 0 Å². The maximum absolute atomic E-state index is 12.7. The molecule has 2 saturated heterocycles. The predicted molar refractivity (Wildman–Crippen MR) is 157 cm³/mol. The van der Waals surface area contributed by atoms with Crippen LogP contribution in [0.5, 0.6) is 0 Å². The number of halogens is 1. The molecule has 1 N–H and O–H groups in total. The lowest BCUT2D eigenvalue weighted by molar-refractivity contribution is 0.0949. The van der Waals surface area contributed by atoms with Gasteiger partial charge in [0.05, 0.1) is 0 Å². The minimum atomic E-state index is -0.0258. The van der Waals surface area contributed by atoms with Gasteiger partial charge in [-0.2, -0.15) is 0 Å². The highest BCUT2D eigenvalue weighted by Crippen LogP contribution is 2.27. The smallest absolute Gasteiger partial charge is 0.251 e. The third-order valence-corrected chi connectivity index (χ3v) is 8.30. The Balaban J connectivity index is 1.15. The summed E-state index contributed by atoms with van der Waals surface area (Å²) in [7, 11) is 0. The fourth-order valence-corrected chi connectivity index (χ4v) is 6.12. The molecule has 0 saturated carbocycles. The van der Waals surface area contributed by atoms with E-state index in [1.165, 1.54) is 35.9 Å².